The molecule has 7 heteroatoms. The average molecular weight is 312 g/mol. The maximum atomic E-state index is 11.9. The topological polar surface area (TPSA) is 52.3 Å². The number of rotatable bonds is 4. The van der Waals surface area contributed by atoms with E-state index in [0.717, 1.165) is 12.1 Å². The number of hydrogen-bond acceptors (Lipinski definition) is 3. The second-order valence-corrected chi connectivity index (χ2v) is 3.82. The molecule has 0 spiro atoms. The molecule has 1 rings (SSSR count). The highest BCUT2D eigenvalue weighted by molar-refractivity contribution is 9.09. The van der Waals surface area contributed by atoms with Crippen LogP contribution in [0.4, 0.5) is 18.9 Å². The van der Waals surface area contributed by atoms with E-state index >= 15 is 0 Å². The third-order valence-electron chi connectivity index (χ3n) is 1.89. The van der Waals surface area contributed by atoms with Crippen molar-refractivity contribution in [1.29, 1.82) is 0 Å². The molecular weight excluding hydrogens is 303 g/mol. The van der Waals surface area contributed by atoms with Crippen LogP contribution in [-0.2, 0) is 11.2 Å². The molecule has 0 bridgehead atoms. The minimum Gasteiger partial charge on any atom is -0.406 e. The highest BCUT2D eigenvalue weighted by Crippen LogP contribution is 2.26. The number of ether oxygens (including phenoxy) is 1. The fraction of sp³-hybridized carbons (Fsp3) is 0.300. The van der Waals surface area contributed by atoms with Crippen LogP contribution in [0.25, 0.3) is 0 Å². The minimum absolute atomic E-state index is 0.0728. The van der Waals surface area contributed by atoms with Crippen LogP contribution in [-0.4, -0.2) is 17.5 Å². The first-order valence-electron chi connectivity index (χ1n) is 4.53. The molecule has 0 aliphatic rings. The van der Waals surface area contributed by atoms with E-state index in [0.29, 0.717) is 5.56 Å². The standard InChI is InChI=1S/C10H9BrF3NO2/c11-5-7(16)3-6-1-2-8(4-9(6)15)17-10(12,13)14/h1-2,4H,3,5,15H2. The molecule has 2 N–H and O–H groups in total. The Morgan fingerprint density at radius 3 is 2.53 bits per heavy atom. The van der Waals surface area contributed by atoms with Crippen LogP contribution in [0.1, 0.15) is 5.56 Å². The molecule has 1 aromatic rings. The van der Waals surface area contributed by atoms with Crippen molar-refractivity contribution in [3.05, 3.63) is 23.8 Å². The van der Waals surface area contributed by atoms with Crippen molar-refractivity contribution in [2.75, 3.05) is 11.1 Å². The summed E-state index contributed by atoms with van der Waals surface area (Å²) in [5, 5.41) is 0.174. The maximum Gasteiger partial charge on any atom is 0.573 e. The number of anilines is 1. The Kier molecular flexibility index (Phi) is 4.39. The van der Waals surface area contributed by atoms with Gasteiger partial charge in [-0.05, 0) is 11.6 Å². The van der Waals surface area contributed by atoms with Gasteiger partial charge >= 0.3 is 6.36 Å². The van der Waals surface area contributed by atoms with E-state index < -0.39 is 12.1 Å². The first-order chi connectivity index (χ1) is 7.81. The summed E-state index contributed by atoms with van der Waals surface area (Å²) in [5.74, 6) is -0.508. The maximum absolute atomic E-state index is 11.9. The Morgan fingerprint density at radius 2 is 2.06 bits per heavy atom. The van der Waals surface area contributed by atoms with Gasteiger partial charge in [0.25, 0.3) is 0 Å². The number of ketones is 1. The Morgan fingerprint density at radius 1 is 1.41 bits per heavy atom. The summed E-state index contributed by atoms with van der Waals surface area (Å²) in [4.78, 5) is 11.1. The number of nitrogen functional groups attached to an aromatic ring is 1. The van der Waals surface area contributed by atoms with Crippen molar-refractivity contribution in [3.8, 4) is 5.75 Å². The van der Waals surface area contributed by atoms with E-state index in [1.807, 2.05) is 0 Å². The number of benzene rings is 1. The summed E-state index contributed by atoms with van der Waals surface area (Å²) in [6.07, 6.45) is -4.68. The summed E-state index contributed by atoms with van der Waals surface area (Å²) in [5.41, 5.74) is 6.10. The van der Waals surface area contributed by atoms with Crippen molar-refractivity contribution in [1.82, 2.24) is 0 Å². The fourth-order valence-corrected chi connectivity index (χ4v) is 1.39. The summed E-state index contributed by atoms with van der Waals surface area (Å²) in [7, 11) is 0. The van der Waals surface area contributed by atoms with E-state index in [2.05, 4.69) is 20.7 Å². The van der Waals surface area contributed by atoms with E-state index in [4.69, 9.17) is 5.73 Å². The lowest BCUT2D eigenvalue weighted by atomic mass is 10.1. The van der Waals surface area contributed by atoms with Crippen molar-refractivity contribution in [3.63, 3.8) is 0 Å². The molecule has 0 aliphatic heterocycles. The molecule has 0 heterocycles. The van der Waals surface area contributed by atoms with Gasteiger partial charge in [-0.3, -0.25) is 4.79 Å². The third-order valence-corrected chi connectivity index (χ3v) is 2.51. The van der Waals surface area contributed by atoms with E-state index in [-0.39, 0.29) is 23.2 Å². The van der Waals surface area contributed by atoms with Gasteiger partial charge in [0.2, 0.25) is 0 Å². The number of alkyl halides is 4. The number of halogens is 4. The lowest BCUT2D eigenvalue weighted by Gasteiger charge is -2.11. The van der Waals surface area contributed by atoms with Crippen LogP contribution >= 0.6 is 15.9 Å². The van der Waals surface area contributed by atoms with Gasteiger partial charge in [0, 0.05) is 18.2 Å². The lowest BCUT2D eigenvalue weighted by molar-refractivity contribution is -0.274. The summed E-state index contributed by atoms with van der Waals surface area (Å²) in [6, 6.07) is 3.52. The average Bonchev–Trinajstić information content (AvgIpc) is 2.19. The predicted octanol–water partition coefficient (Wildman–Crippen LogP) is 2.67. The molecule has 0 amide bonds. The summed E-state index contributed by atoms with van der Waals surface area (Å²) < 4.78 is 39.4. The van der Waals surface area contributed by atoms with Crippen LogP contribution < -0.4 is 10.5 Å². The largest absolute Gasteiger partial charge is 0.573 e. The number of nitrogens with two attached hydrogens (primary N) is 1. The predicted molar refractivity (Wildman–Crippen MR) is 60.0 cm³/mol. The normalized spacial score (nSPS) is 11.3. The molecule has 0 radical (unpaired) electrons. The van der Waals surface area contributed by atoms with Crippen LogP contribution in [0.5, 0.6) is 5.75 Å². The van der Waals surface area contributed by atoms with Gasteiger partial charge in [0.1, 0.15) is 11.5 Å². The molecule has 0 aromatic heterocycles. The second kappa shape index (κ2) is 5.39. The Hall–Kier alpha value is -1.24. The van der Waals surface area contributed by atoms with E-state index in [9.17, 15) is 18.0 Å². The molecule has 0 unspecified atom stereocenters. The Balaban J connectivity index is 2.83. The van der Waals surface area contributed by atoms with Gasteiger partial charge in [-0.1, -0.05) is 22.0 Å². The summed E-state index contributed by atoms with van der Waals surface area (Å²) in [6.45, 7) is 0. The SMILES string of the molecule is Nc1cc(OC(F)(F)F)ccc1CC(=O)CBr. The number of Topliss-reactive ketones (excluding diaryl/α,β-unsaturated/α-hetero) is 1. The zero-order valence-corrected chi connectivity index (χ0v) is 10.1. The van der Waals surface area contributed by atoms with Crippen molar-refractivity contribution in [2.24, 2.45) is 0 Å². The van der Waals surface area contributed by atoms with Gasteiger partial charge in [0.05, 0.1) is 5.33 Å². The van der Waals surface area contributed by atoms with Crippen molar-refractivity contribution >= 4 is 27.4 Å². The van der Waals surface area contributed by atoms with Crippen molar-refractivity contribution < 1.29 is 22.7 Å². The zero-order chi connectivity index (χ0) is 13.1. The monoisotopic (exact) mass is 311 g/mol. The van der Waals surface area contributed by atoms with Gasteiger partial charge in [-0.15, -0.1) is 13.2 Å². The highest BCUT2D eigenvalue weighted by atomic mass is 79.9. The molecule has 0 atom stereocenters. The minimum atomic E-state index is -4.75. The number of carbonyl (C=O) groups is 1. The molecule has 1 aromatic carbocycles. The lowest BCUT2D eigenvalue weighted by Crippen LogP contribution is -2.17. The molecule has 0 fully saturated rings. The molecule has 94 valence electrons. The van der Waals surface area contributed by atoms with Crippen LogP contribution in [0.2, 0.25) is 0 Å². The van der Waals surface area contributed by atoms with Crippen LogP contribution in [0.3, 0.4) is 0 Å². The van der Waals surface area contributed by atoms with Gasteiger partial charge in [-0.25, -0.2) is 0 Å². The molecule has 0 aliphatic carbocycles. The van der Waals surface area contributed by atoms with E-state index in [1.165, 1.54) is 6.07 Å². The first kappa shape index (κ1) is 13.8. The number of carbonyl (C=O) groups excluding carboxylic acids is 1. The van der Waals surface area contributed by atoms with E-state index in [1.54, 1.807) is 0 Å². The zero-order valence-electron chi connectivity index (χ0n) is 8.55. The second-order valence-electron chi connectivity index (χ2n) is 3.26. The van der Waals surface area contributed by atoms with Gasteiger partial charge < -0.3 is 10.5 Å². The fourth-order valence-electron chi connectivity index (χ4n) is 1.19. The van der Waals surface area contributed by atoms with Gasteiger partial charge in [0.15, 0.2) is 0 Å². The molecule has 17 heavy (non-hydrogen) atoms. The van der Waals surface area contributed by atoms with Crippen molar-refractivity contribution in [2.45, 2.75) is 12.8 Å². The first-order valence-corrected chi connectivity index (χ1v) is 5.66. The highest BCUT2D eigenvalue weighted by Gasteiger charge is 2.31. The quantitative estimate of drug-likeness (QED) is 0.687. The Labute approximate surface area is 104 Å². The smallest absolute Gasteiger partial charge is 0.406 e. The molecule has 3 nitrogen and oxygen atoms in total. The molecule has 0 saturated heterocycles. The van der Waals surface area contributed by atoms with Crippen LogP contribution in [0, 0.1) is 0 Å². The Bertz CT molecular complexity index is 421. The molecular formula is C10H9BrF3NO2. The molecule has 0 saturated carbocycles. The number of hydrogen-bond donors (Lipinski definition) is 1. The van der Waals surface area contributed by atoms with Crippen LogP contribution in [0.15, 0.2) is 18.2 Å². The van der Waals surface area contributed by atoms with Gasteiger partial charge in [-0.2, -0.15) is 0 Å². The third kappa shape index (κ3) is 4.64. The summed E-state index contributed by atoms with van der Waals surface area (Å²) >= 11 is 2.99.